The van der Waals surface area contributed by atoms with Crippen molar-refractivity contribution in [2.24, 2.45) is 0 Å². The molecule has 0 saturated carbocycles. The SMILES string of the molecule is CCOC(=O)CN1C(=O)[C@@H](n2cnc3c(N)ncnc32)C[C@@H]1CNC(=O)OC(C)(C)C. The fourth-order valence-electron chi connectivity index (χ4n) is 3.45. The second-order valence-electron chi connectivity index (χ2n) is 8.14. The number of esters is 1. The maximum atomic E-state index is 13.2. The number of carbonyl (C=O) groups is 3. The van der Waals surface area contributed by atoms with Crippen LogP contribution in [0.1, 0.15) is 40.2 Å². The van der Waals surface area contributed by atoms with E-state index in [-0.39, 0.29) is 31.4 Å². The molecule has 2 aromatic heterocycles. The molecule has 2 aromatic rings. The maximum absolute atomic E-state index is 13.2. The van der Waals surface area contributed by atoms with Crippen LogP contribution in [0.2, 0.25) is 0 Å². The number of fused-ring (bicyclic) bond motifs is 1. The van der Waals surface area contributed by atoms with Gasteiger partial charge < -0.3 is 30.0 Å². The first-order valence-corrected chi connectivity index (χ1v) is 9.96. The lowest BCUT2D eigenvalue weighted by molar-refractivity contribution is -0.149. The average Bonchev–Trinajstić information content (AvgIpc) is 3.22. The van der Waals surface area contributed by atoms with Crippen LogP contribution in [-0.4, -0.2) is 73.7 Å². The topological polar surface area (TPSA) is 155 Å². The molecule has 12 nitrogen and oxygen atoms in total. The molecule has 2 amide bonds. The second-order valence-corrected chi connectivity index (χ2v) is 8.14. The number of imidazole rings is 1. The molecule has 12 heteroatoms. The van der Waals surface area contributed by atoms with Gasteiger partial charge in [0.05, 0.1) is 19.0 Å². The summed E-state index contributed by atoms with van der Waals surface area (Å²) < 4.78 is 11.9. The monoisotopic (exact) mass is 433 g/mol. The van der Waals surface area contributed by atoms with Crippen molar-refractivity contribution in [2.75, 3.05) is 25.4 Å². The highest BCUT2D eigenvalue weighted by atomic mass is 16.6. The van der Waals surface area contributed by atoms with Crippen LogP contribution in [0.15, 0.2) is 12.7 Å². The van der Waals surface area contributed by atoms with Gasteiger partial charge in [0, 0.05) is 6.54 Å². The molecule has 1 aliphatic heterocycles. The minimum Gasteiger partial charge on any atom is -0.465 e. The lowest BCUT2D eigenvalue weighted by Gasteiger charge is -2.25. The van der Waals surface area contributed by atoms with Crippen LogP contribution in [-0.2, 0) is 19.1 Å². The number of nitrogen functional groups attached to an aromatic ring is 1. The Morgan fingerprint density at radius 3 is 2.71 bits per heavy atom. The Labute approximate surface area is 179 Å². The van der Waals surface area contributed by atoms with E-state index in [0.717, 1.165) is 0 Å². The molecule has 0 spiro atoms. The number of alkyl carbamates (subject to hydrolysis) is 1. The van der Waals surface area contributed by atoms with Gasteiger partial charge in [-0.05, 0) is 34.1 Å². The fraction of sp³-hybridized carbons (Fsp3) is 0.579. The summed E-state index contributed by atoms with van der Waals surface area (Å²) in [4.78, 5) is 51.1. The van der Waals surface area contributed by atoms with Crippen molar-refractivity contribution in [3.05, 3.63) is 12.7 Å². The first-order chi connectivity index (χ1) is 14.6. The molecule has 168 valence electrons. The van der Waals surface area contributed by atoms with Crippen LogP contribution in [0.25, 0.3) is 11.2 Å². The van der Waals surface area contributed by atoms with Crippen LogP contribution in [0.3, 0.4) is 0 Å². The van der Waals surface area contributed by atoms with E-state index in [1.54, 1.807) is 32.3 Å². The Morgan fingerprint density at radius 1 is 1.29 bits per heavy atom. The van der Waals surface area contributed by atoms with E-state index in [9.17, 15) is 14.4 Å². The van der Waals surface area contributed by atoms with Gasteiger partial charge >= 0.3 is 12.1 Å². The molecule has 3 N–H and O–H groups in total. The molecule has 3 rings (SSSR count). The molecule has 3 heterocycles. The van der Waals surface area contributed by atoms with Gasteiger partial charge in [0.15, 0.2) is 11.5 Å². The van der Waals surface area contributed by atoms with Gasteiger partial charge in [0.2, 0.25) is 5.91 Å². The molecule has 0 aliphatic carbocycles. The van der Waals surface area contributed by atoms with Crippen LogP contribution >= 0.6 is 0 Å². The Hall–Kier alpha value is -3.44. The van der Waals surface area contributed by atoms with Gasteiger partial charge in [-0.2, -0.15) is 0 Å². The van der Waals surface area contributed by atoms with E-state index in [2.05, 4.69) is 20.3 Å². The highest BCUT2D eigenvalue weighted by Gasteiger charge is 2.42. The summed E-state index contributed by atoms with van der Waals surface area (Å²) >= 11 is 0. The molecular weight excluding hydrogens is 406 g/mol. The van der Waals surface area contributed by atoms with E-state index in [0.29, 0.717) is 17.6 Å². The zero-order valence-electron chi connectivity index (χ0n) is 18.0. The number of nitrogens with one attached hydrogen (secondary N) is 1. The van der Waals surface area contributed by atoms with E-state index in [1.165, 1.54) is 17.6 Å². The Kier molecular flexibility index (Phi) is 6.27. The summed E-state index contributed by atoms with van der Waals surface area (Å²) in [6.45, 7) is 7.04. The lowest BCUT2D eigenvalue weighted by Crippen LogP contribution is -2.45. The molecule has 2 atom stereocenters. The number of nitrogens with zero attached hydrogens (tertiary/aromatic N) is 5. The second kappa shape index (κ2) is 8.74. The number of hydrogen-bond donors (Lipinski definition) is 2. The van der Waals surface area contributed by atoms with Crippen LogP contribution < -0.4 is 11.1 Å². The van der Waals surface area contributed by atoms with Crippen molar-refractivity contribution in [2.45, 2.75) is 51.8 Å². The first-order valence-electron chi connectivity index (χ1n) is 9.96. The largest absolute Gasteiger partial charge is 0.465 e. The Bertz CT molecular complexity index is 984. The van der Waals surface area contributed by atoms with E-state index in [1.807, 2.05) is 0 Å². The standard InChI is InChI=1S/C19H27N7O5/c1-5-30-13(27)8-25-11(7-21-18(29)31-19(2,3)4)6-12(17(25)28)26-10-24-14-15(20)22-9-23-16(14)26/h9-12H,5-8H2,1-4H3,(H,21,29)(H2,20,22,23)/t11-,12+/m1/s1. The smallest absolute Gasteiger partial charge is 0.407 e. The van der Waals surface area contributed by atoms with Crippen LogP contribution in [0.4, 0.5) is 10.6 Å². The third kappa shape index (κ3) is 5.01. The van der Waals surface area contributed by atoms with Gasteiger partial charge in [0.1, 0.15) is 30.0 Å². The number of hydrogen-bond acceptors (Lipinski definition) is 9. The van der Waals surface area contributed by atoms with E-state index in [4.69, 9.17) is 15.2 Å². The maximum Gasteiger partial charge on any atom is 0.407 e. The number of likely N-dealkylation sites (tertiary alicyclic amines) is 1. The molecule has 0 unspecified atom stereocenters. The van der Waals surface area contributed by atoms with Crippen molar-refractivity contribution in [1.29, 1.82) is 0 Å². The Balaban J connectivity index is 1.82. The summed E-state index contributed by atoms with van der Waals surface area (Å²) in [6, 6.07) is -1.12. The third-order valence-corrected chi connectivity index (χ3v) is 4.71. The van der Waals surface area contributed by atoms with Crippen molar-refractivity contribution in [1.82, 2.24) is 29.7 Å². The fourth-order valence-corrected chi connectivity index (χ4v) is 3.45. The van der Waals surface area contributed by atoms with Crippen molar-refractivity contribution >= 4 is 35.0 Å². The zero-order chi connectivity index (χ0) is 22.8. The molecule has 1 fully saturated rings. The van der Waals surface area contributed by atoms with Gasteiger partial charge in [0.25, 0.3) is 0 Å². The first kappa shape index (κ1) is 22.2. The summed E-state index contributed by atoms with van der Waals surface area (Å²) in [5.41, 5.74) is 6.00. The molecule has 31 heavy (non-hydrogen) atoms. The van der Waals surface area contributed by atoms with Gasteiger partial charge in [-0.1, -0.05) is 0 Å². The lowest BCUT2D eigenvalue weighted by atomic mass is 10.1. The third-order valence-electron chi connectivity index (χ3n) is 4.71. The number of amides is 2. The number of ether oxygens (including phenoxy) is 2. The van der Waals surface area contributed by atoms with Crippen molar-refractivity contribution in [3.63, 3.8) is 0 Å². The van der Waals surface area contributed by atoms with Crippen molar-refractivity contribution < 1.29 is 23.9 Å². The number of rotatable bonds is 6. The molecule has 0 bridgehead atoms. The number of aromatic nitrogens is 4. The zero-order valence-corrected chi connectivity index (χ0v) is 18.0. The highest BCUT2D eigenvalue weighted by Crippen LogP contribution is 2.31. The average molecular weight is 433 g/mol. The predicted molar refractivity (Wildman–Crippen MR) is 110 cm³/mol. The van der Waals surface area contributed by atoms with Crippen LogP contribution in [0, 0.1) is 0 Å². The van der Waals surface area contributed by atoms with Gasteiger partial charge in [-0.15, -0.1) is 0 Å². The summed E-state index contributed by atoms with van der Waals surface area (Å²) in [5.74, 6) is -0.623. The van der Waals surface area contributed by atoms with Crippen LogP contribution in [0.5, 0.6) is 0 Å². The predicted octanol–water partition coefficient (Wildman–Crippen LogP) is 0.638. The summed E-state index contributed by atoms with van der Waals surface area (Å²) in [7, 11) is 0. The quantitative estimate of drug-likeness (QED) is 0.624. The minimum absolute atomic E-state index is 0.111. The number of anilines is 1. The summed E-state index contributed by atoms with van der Waals surface area (Å²) in [5, 5.41) is 2.67. The molecular formula is C19H27N7O5. The summed E-state index contributed by atoms with van der Waals surface area (Å²) in [6.07, 6.45) is 2.49. The highest BCUT2D eigenvalue weighted by molar-refractivity contribution is 5.89. The normalized spacial score (nSPS) is 19.0. The molecule has 0 aromatic carbocycles. The van der Waals surface area contributed by atoms with Gasteiger partial charge in [-0.3, -0.25) is 9.59 Å². The minimum atomic E-state index is -0.667. The molecule has 0 radical (unpaired) electrons. The number of nitrogens with two attached hydrogens (primary N) is 1. The number of carbonyl (C=O) groups excluding carboxylic acids is 3. The van der Waals surface area contributed by atoms with Crippen molar-refractivity contribution in [3.8, 4) is 0 Å². The molecule has 1 aliphatic rings. The van der Waals surface area contributed by atoms with Gasteiger partial charge in [-0.25, -0.2) is 19.7 Å². The van der Waals surface area contributed by atoms with E-state index < -0.39 is 29.7 Å². The van der Waals surface area contributed by atoms with E-state index >= 15 is 0 Å². The molecule has 1 saturated heterocycles. The Morgan fingerprint density at radius 2 is 2.03 bits per heavy atom.